The van der Waals surface area contributed by atoms with Gasteiger partial charge in [0.05, 0.1) is 16.8 Å². The Morgan fingerprint density at radius 2 is 1.69 bits per heavy atom. The lowest BCUT2D eigenvalue weighted by Gasteiger charge is -2.37. The summed E-state index contributed by atoms with van der Waals surface area (Å²) in [5.74, 6) is 0.569. The normalized spacial score (nSPS) is 14.5. The van der Waals surface area contributed by atoms with Gasteiger partial charge in [0.2, 0.25) is 11.8 Å². The minimum atomic E-state index is -0.179. The fourth-order valence-electron chi connectivity index (χ4n) is 4.20. The van der Waals surface area contributed by atoms with Crippen LogP contribution in [0.4, 0.5) is 5.82 Å². The van der Waals surface area contributed by atoms with Crippen molar-refractivity contribution in [3.8, 4) is 11.3 Å². The van der Waals surface area contributed by atoms with Crippen LogP contribution in [0.25, 0.3) is 11.3 Å². The van der Waals surface area contributed by atoms with E-state index in [-0.39, 0.29) is 24.4 Å². The van der Waals surface area contributed by atoms with Crippen LogP contribution in [0.5, 0.6) is 0 Å². The summed E-state index contributed by atoms with van der Waals surface area (Å²) in [7, 11) is 0. The van der Waals surface area contributed by atoms with E-state index in [0.717, 1.165) is 16.9 Å². The summed E-state index contributed by atoms with van der Waals surface area (Å²) in [6, 6.07) is 18.6. The third-order valence-corrected chi connectivity index (χ3v) is 6.82. The topological polar surface area (TPSA) is 69.6 Å². The zero-order valence-corrected chi connectivity index (χ0v) is 21.2. The van der Waals surface area contributed by atoms with E-state index >= 15 is 0 Å². The van der Waals surface area contributed by atoms with Crippen molar-refractivity contribution in [1.29, 1.82) is 0 Å². The van der Waals surface area contributed by atoms with Crippen molar-refractivity contribution < 1.29 is 9.59 Å². The molecule has 35 heavy (non-hydrogen) atoms. The summed E-state index contributed by atoms with van der Waals surface area (Å²) in [6.45, 7) is 5.88. The summed E-state index contributed by atoms with van der Waals surface area (Å²) in [6.07, 6.45) is 0. The number of rotatable bonds is 6. The van der Waals surface area contributed by atoms with Gasteiger partial charge in [-0.3, -0.25) is 9.59 Å². The van der Waals surface area contributed by atoms with Crippen LogP contribution in [-0.2, 0) is 9.59 Å². The van der Waals surface area contributed by atoms with E-state index in [9.17, 15) is 9.59 Å². The molecule has 0 spiro atoms. The van der Waals surface area contributed by atoms with E-state index in [2.05, 4.69) is 15.1 Å². The fraction of sp³-hybridized carbons (Fsp3) is 0.308. The van der Waals surface area contributed by atoms with Crippen LogP contribution in [0.1, 0.15) is 25.5 Å². The molecule has 9 heteroatoms. The monoisotopic (exact) mass is 511 g/mol. The van der Waals surface area contributed by atoms with Crippen molar-refractivity contribution in [3.63, 3.8) is 0 Å². The molecule has 0 unspecified atom stereocenters. The number of anilines is 1. The summed E-state index contributed by atoms with van der Waals surface area (Å²) in [4.78, 5) is 30.8. The van der Waals surface area contributed by atoms with E-state index in [1.54, 1.807) is 21.9 Å². The van der Waals surface area contributed by atoms with Crippen molar-refractivity contribution in [2.24, 2.45) is 0 Å². The molecule has 1 saturated heterocycles. The average Bonchev–Trinajstić information content (AvgIpc) is 2.87. The quantitative estimate of drug-likeness (QED) is 0.479. The summed E-state index contributed by atoms with van der Waals surface area (Å²) < 4.78 is 0. The van der Waals surface area contributed by atoms with Crippen molar-refractivity contribution in [3.05, 3.63) is 76.3 Å². The lowest BCUT2D eigenvalue weighted by atomic mass is 10.1. The number of hydrogen-bond donors (Lipinski definition) is 0. The summed E-state index contributed by atoms with van der Waals surface area (Å²) in [5.41, 5.74) is 2.44. The Morgan fingerprint density at radius 1 is 0.971 bits per heavy atom. The van der Waals surface area contributed by atoms with E-state index < -0.39 is 0 Å². The highest BCUT2D eigenvalue weighted by Gasteiger charge is 2.27. The highest BCUT2D eigenvalue weighted by Crippen LogP contribution is 2.29. The molecule has 4 rings (SSSR count). The van der Waals surface area contributed by atoms with Crippen LogP contribution in [0, 0.1) is 0 Å². The number of halogens is 2. The maximum atomic E-state index is 13.0. The van der Waals surface area contributed by atoms with Crippen LogP contribution in [-0.4, -0.2) is 64.5 Å². The largest absolute Gasteiger partial charge is 0.352 e. The van der Waals surface area contributed by atoms with Gasteiger partial charge in [-0.05, 0) is 42.8 Å². The van der Waals surface area contributed by atoms with E-state index in [1.165, 1.54) is 6.92 Å². The van der Waals surface area contributed by atoms with E-state index in [1.807, 2.05) is 55.5 Å². The Morgan fingerprint density at radius 3 is 2.29 bits per heavy atom. The van der Waals surface area contributed by atoms with Crippen molar-refractivity contribution in [1.82, 2.24) is 20.0 Å². The highest BCUT2D eigenvalue weighted by atomic mass is 35.5. The Balaban J connectivity index is 1.35. The molecule has 2 heterocycles. The maximum absolute atomic E-state index is 13.0. The second-order valence-electron chi connectivity index (χ2n) is 8.50. The van der Waals surface area contributed by atoms with Crippen LogP contribution in [0.3, 0.4) is 0 Å². The van der Waals surface area contributed by atoms with Gasteiger partial charge in [0.1, 0.15) is 6.54 Å². The third kappa shape index (κ3) is 5.92. The number of carbonyl (C=O) groups is 2. The van der Waals surface area contributed by atoms with Gasteiger partial charge in [-0.1, -0.05) is 53.5 Å². The number of amides is 2. The summed E-state index contributed by atoms with van der Waals surface area (Å²) >= 11 is 12.3. The van der Waals surface area contributed by atoms with Gasteiger partial charge in [-0.2, -0.15) is 0 Å². The van der Waals surface area contributed by atoms with Gasteiger partial charge >= 0.3 is 0 Å². The molecule has 3 aromatic rings. The predicted octanol–water partition coefficient (Wildman–Crippen LogP) is 4.71. The number of hydrogen-bond acceptors (Lipinski definition) is 5. The van der Waals surface area contributed by atoms with Gasteiger partial charge in [-0.15, -0.1) is 10.2 Å². The molecule has 0 N–H and O–H groups in total. The smallest absolute Gasteiger partial charge is 0.242 e. The molecule has 0 bridgehead atoms. The molecule has 0 radical (unpaired) electrons. The first-order valence-corrected chi connectivity index (χ1v) is 12.2. The van der Waals surface area contributed by atoms with Crippen molar-refractivity contribution in [2.75, 3.05) is 37.6 Å². The minimum Gasteiger partial charge on any atom is -0.352 e. The SMILES string of the molecule is CC(=O)N(CC(=O)N1CCN(c2ccc(-c3ccc(Cl)cc3Cl)nn2)CC1)[C@@H](C)c1ccccc1. The van der Waals surface area contributed by atoms with Gasteiger partial charge in [0.15, 0.2) is 5.82 Å². The Kier molecular flexibility index (Phi) is 7.88. The van der Waals surface area contributed by atoms with Crippen LogP contribution < -0.4 is 4.90 Å². The summed E-state index contributed by atoms with van der Waals surface area (Å²) in [5, 5.41) is 9.79. The average molecular weight is 512 g/mol. The first-order chi connectivity index (χ1) is 16.8. The molecular weight excluding hydrogens is 485 g/mol. The molecule has 2 amide bonds. The second kappa shape index (κ2) is 11.1. The molecule has 1 aliphatic rings. The Hall–Kier alpha value is -3.16. The lowest BCUT2D eigenvalue weighted by Crippen LogP contribution is -2.52. The molecule has 1 aliphatic heterocycles. The number of benzene rings is 2. The number of carbonyl (C=O) groups excluding carboxylic acids is 2. The molecule has 2 aromatic carbocycles. The molecule has 1 atom stereocenters. The Labute approximate surface area is 215 Å². The van der Waals surface area contributed by atoms with Crippen LogP contribution in [0.15, 0.2) is 60.7 Å². The fourth-order valence-corrected chi connectivity index (χ4v) is 4.70. The molecule has 7 nitrogen and oxygen atoms in total. The molecule has 0 aliphatic carbocycles. The molecule has 1 aromatic heterocycles. The number of nitrogens with zero attached hydrogens (tertiary/aromatic N) is 5. The lowest BCUT2D eigenvalue weighted by molar-refractivity contribution is -0.141. The molecule has 1 fully saturated rings. The van der Waals surface area contributed by atoms with Crippen molar-refractivity contribution >= 4 is 40.8 Å². The maximum Gasteiger partial charge on any atom is 0.242 e. The van der Waals surface area contributed by atoms with Crippen LogP contribution in [0.2, 0.25) is 10.0 Å². The van der Waals surface area contributed by atoms with Gasteiger partial charge in [0.25, 0.3) is 0 Å². The number of aromatic nitrogens is 2. The first-order valence-electron chi connectivity index (χ1n) is 11.5. The van der Waals surface area contributed by atoms with Gasteiger partial charge < -0.3 is 14.7 Å². The molecular formula is C26H27Cl2N5O2. The van der Waals surface area contributed by atoms with Gasteiger partial charge in [-0.25, -0.2) is 0 Å². The first kappa shape index (κ1) is 24.9. The Bertz CT molecular complexity index is 1180. The minimum absolute atomic E-state index is 0.0542. The van der Waals surface area contributed by atoms with Gasteiger partial charge in [0, 0.05) is 43.7 Å². The molecule has 0 saturated carbocycles. The standard InChI is InChI=1S/C26H27Cl2N5O2/c1-18(20-6-4-3-5-7-20)33(19(2)34)17-26(35)32-14-12-31(13-15-32)25-11-10-24(29-30-25)22-9-8-21(27)16-23(22)28/h3-11,16,18H,12-15,17H2,1-2H3/t18-/m0/s1. The predicted molar refractivity (Wildman–Crippen MR) is 139 cm³/mol. The second-order valence-corrected chi connectivity index (χ2v) is 9.35. The van der Waals surface area contributed by atoms with E-state index in [0.29, 0.717) is 41.9 Å². The van der Waals surface area contributed by atoms with Crippen LogP contribution >= 0.6 is 23.2 Å². The highest BCUT2D eigenvalue weighted by molar-refractivity contribution is 6.36. The molecule has 182 valence electrons. The number of piperazine rings is 1. The zero-order valence-electron chi connectivity index (χ0n) is 19.7. The van der Waals surface area contributed by atoms with Crippen molar-refractivity contribution in [2.45, 2.75) is 19.9 Å². The van der Waals surface area contributed by atoms with E-state index in [4.69, 9.17) is 23.2 Å². The third-order valence-electron chi connectivity index (χ3n) is 6.27. The zero-order chi connectivity index (χ0) is 24.9.